The average molecular weight is 406 g/mol. The molecule has 0 aliphatic carbocycles. The van der Waals surface area contributed by atoms with E-state index in [1.54, 1.807) is 7.11 Å². The zero-order chi connectivity index (χ0) is 14.5. The highest BCUT2D eigenvalue weighted by Gasteiger charge is 2.22. The molecule has 5 heteroatoms. The predicted octanol–water partition coefficient (Wildman–Crippen LogP) is 3.79. The fourth-order valence-electron chi connectivity index (χ4n) is 2.89. The van der Waals surface area contributed by atoms with Gasteiger partial charge in [-0.15, -0.1) is 0 Å². The Labute approximate surface area is 138 Å². The monoisotopic (exact) mass is 404 g/mol. The lowest BCUT2D eigenvalue weighted by Crippen LogP contribution is -2.37. The molecule has 0 amide bonds. The Hall–Kier alpha value is -0.100. The number of methoxy groups -OCH3 is 1. The molecule has 0 aromatic heterocycles. The van der Waals surface area contributed by atoms with Crippen molar-refractivity contribution in [3.05, 3.63) is 26.6 Å². The fourth-order valence-corrected chi connectivity index (χ4v) is 4.37. The normalized spacial score (nSPS) is 19.5. The molecule has 1 saturated heterocycles. The third-order valence-corrected chi connectivity index (χ3v) is 4.94. The van der Waals surface area contributed by atoms with E-state index in [2.05, 4.69) is 55.1 Å². The molecule has 1 aliphatic heterocycles. The first-order chi connectivity index (χ1) is 9.65. The molecule has 1 aromatic carbocycles. The minimum Gasteiger partial charge on any atom is -0.495 e. The van der Waals surface area contributed by atoms with Gasteiger partial charge in [0.2, 0.25) is 0 Å². The summed E-state index contributed by atoms with van der Waals surface area (Å²) in [6.07, 6.45) is 2.63. The molecule has 1 aliphatic rings. The molecule has 0 saturated carbocycles. The van der Waals surface area contributed by atoms with E-state index < -0.39 is 0 Å². The van der Waals surface area contributed by atoms with Gasteiger partial charge in [0.1, 0.15) is 5.75 Å². The van der Waals surface area contributed by atoms with Crippen LogP contribution in [0, 0.1) is 0 Å². The lowest BCUT2D eigenvalue weighted by Gasteiger charge is -2.23. The Balaban J connectivity index is 1.94. The van der Waals surface area contributed by atoms with Crippen molar-refractivity contribution in [1.82, 2.24) is 10.2 Å². The molecule has 2 rings (SSSR count). The van der Waals surface area contributed by atoms with Gasteiger partial charge in [0, 0.05) is 29.2 Å². The van der Waals surface area contributed by atoms with Crippen molar-refractivity contribution in [2.45, 2.75) is 32.4 Å². The molecule has 1 aromatic rings. The summed E-state index contributed by atoms with van der Waals surface area (Å²) in [5.41, 5.74) is 1.18. The van der Waals surface area contributed by atoms with E-state index in [0.29, 0.717) is 6.04 Å². The summed E-state index contributed by atoms with van der Waals surface area (Å²) in [7, 11) is 1.72. The molecule has 1 N–H and O–H groups in total. The first-order valence-corrected chi connectivity index (χ1v) is 8.71. The van der Waals surface area contributed by atoms with Crippen molar-refractivity contribution in [3.63, 3.8) is 0 Å². The van der Waals surface area contributed by atoms with Gasteiger partial charge in [0.15, 0.2) is 0 Å². The van der Waals surface area contributed by atoms with Crippen molar-refractivity contribution in [2.24, 2.45) is 0 Å². The second kappa shape index (κ2) is 7.78. The second-order valence-corrected chi connectivity index (χ2v) is 6.91. The highest BCUT2D eigenvalue weighted by atomic mass is 79.9. The highest BCUT2D eigenvalue weighted by Crippen LogP contribution is 2.32. The van der Waals surface area contributed by atoms with Gasteiger partial charge in [-0.2, -0.15) is 0 Å². The fraction of sp³-hybridized carbons (Fsp3) is 0.600. The molecular weight excluding hydrogens is 384 g/mol. The Kier molecular flexibility index (Phi) is 6.33. The molecule has 1 fully saturated rings. The van der Waals surface area contributed by atoms with E-state index >= 15 is 0 Å². The topological polar surface area (TPSA) is 24.5 Å². The van der Waals surface area contributed by atoms with Crippen molar-refractivity contribution in [1.29, 1.82) is 0 Å². The van der Waals surface area contributed by atoms with Crippen molar-refractivity contribution >= 4 is 31.9 Å². The minimum absolute atomic E-state index is 0.682. The van der Waals surface area contributed by atoms with E-state index in [-0.39, 0.29) is 0 Å². The lowest BCUT2D eigenvalue weighted by atomic mass is 10.2. The minimum atomic E-state index is 0.682. The zero-order valence-corrected chi connectivity index (χ0v) is 15.3. The number of ether oxygens (including phenoxy) is 1. The Morgan fingerprint density at radius 3 is 2.90 bits per heavy atom. The summed E-state index contributed by atoms with van der Waals surface area (Å²) in [6.45, 7) is 6.51. The van der Waals surface area contributed by atoms with Crippen LogP contribution in [0.15, 0.2) is 21.1 Å². The summed E-state index contributed by atoms with van der Waals surface area (Å²) < 4.78 is 7.53. The number of likely N-dealkylation sites (tertiary alicyclic amines) is 1. The summed E-state index contributed by atoms with van der Waals surface area (Å²) in [6, 6.07) is 4.81. The van der Waals surface area contributed by atoms with E-state index in [1.165, 1.54) is 24.9 Å². The van der Waals surface area contributed by atoms with Gasteiger partial charge in [-0.1, -0.05) is 22.9 Å². The Morgan fingerprint density at radius 2 is 2.20 bits per heavy atom. The maximum atomic E-state index is 5.48. The van der Waals surface area contributed by atoms with Crippen LogP contribution in [0.1, 0.15) is 25.3 Å². The average Bonchev–Trinajstić information content (AvgIpc) is 2.86. The van der Waals surface area contributed by atoms with E-state index in [1.807, 2.05) is 6.07 Å². The van der Waals surface area contributed by atoms with Crippen molar-refractivity contribution in [2.75, 3.05) is 26.7 Å². The molecule has 0 radical (unpaired) electrons. The second-order valence-electron chi connectivity index (χ2n) is 5.14. The quantitative estimate of drug-likeness (QED) is 0.778. The van der Waals surface area contributed by atoms with Crippen LogP contribution in [0.3, 0.4) is 0 Å². The number of halogens is 2. The van der Waals surface area contributed by atoms with Gasteiger partial charge in [0.25, 0.3) is 0 Å². The van der Waals surface area contributed by atoms with Crippen LogP contribution in [0.2, 0.25) is 0 Å². The van der Waals surface area contributed by atoms with Crippen LogP contribution in [-0.4, -0.2) is 37.7 Å². The lowest BCUT2D eigenvalue weighted by molar-refractivity contribution is 0.259. The van der Waals surface area contributed by atoms with Gasteiger partial charge in [0.05, 0.1) is 11.6 Å². The molecule has 0 unspecified atom stereocenters. The Bertz CT molecular complexity index is 454. The Morgan fingerprint density at radius 1 is 1.40 bits per heavy atom. The van der Waals surface area contributed by atoms with Crippen LogP contribution in [0.5, 0.6) is 5.75 Å². The molecule has 1 atom stereocenters. The van der Waals surface area contributed by atoms with Crippen LogP contribution in [0.25, 0.3) is 0 Å². The molecule has 0 bridgehead atoms. The third-order valence-electron chi connectivity index (χ3n) is 3.89. The van der Waals surface area contributed by atoms with Gasteiger partial charge < -0.3 is 10.1 Å². The zero-order valence-electron chi connectivity index (χ0n) is 12.1. The van der Waals surface area contributed by atoms with Crippen molar-refractivity contribution in [3.8, 4) is 5.75 Å². The molecule has 0 spiro atoms. The van der Waals surface area contributed by atoms with E-state index in [4.69, 9.17) is 4.74 Å². The van der Waals surface area contributed by atoms with Crippen LogP contribution >= 0.6 is 31.9 Å². The standard InChI is InChI=1S/C15H22Br2N2O/c1-3-19-6-4-5-13(19)10-18-9-11-7-12(16)8-14(17)15(11)20-2/h7-8,13,18H,3-6,9-10H2,1-2H3/t13-/m1/s1. The van der Waals surface area contributed by atoms with Gasteiger partial charge in [-0.25, -0.2) is 0 Å². The van der Waals surface area contributed by atoms with Crippen molar-refractivity contribution < 1.29 is 4.74 Å². The first-order valence-electron chi connectivity index (χ1n) is 7.12. The molecule has 112 valence electrons. The largest absolute Gasteiger partial charge is 0.495 e. The number of benzene rings is 1. The summed E-state index contributed by atoms with van der Waals surface area (Å²) in [4.78, 5) is 2.56. The summed E-state index contributed by atoms with van der Waals surface area (Å²) in [5, 5.41) is 3.57. The molecule has 3 nitrogen and oxygen atoms in total. The number of likely N-dealkylation sites (N-methyl/N-ethyl adjacent to an activating group) is 1. The maximum absolute atomic E-state index is 5.48. The van der Waals surface area contributed by atoms with Crippen LogP contribution in [-0.2, 0) is 6.54 Å². The number of nitrogens with one attached hydrogen (secondary N) is 1. The van der Waals surface area contributed by atoms with Gasteiger partial charge in [-0.3, -0.25) is 4.90 Å². The summed E-state index contributed by atoms with van der Waals surface area (Å²) >= 11 is 7.08. The van der Waals surface area contributed by atoms with Gasteiger partial charge in [-0.05, 0) is 54.0 Å². The van der Waals surface area contributed by atoms with Gasteiger partial charge >= 0.3 is 0 Å². The molecule has 1 heterocycles. The predicted molar refractivity (Wildman–Crippen MR) is 90.4 cm³/mol. The number of hydrogen-bond acceptors (Lipinski definition) is 3. The van der Waals surface area contributed by atoms with E-state index in [0.717, 1.165) is 34.3 Å². The number of rotatable bonds is 6. The SMILES string of the molecule is CCN1CCC[C@@H]1CNCc1cc(Br)cc(Br)c1OC. The molecular formula is C15H22Br2N2O. The number of hydrogen-bond donors (Lipinski definition) is 1. The highest BCUT2D eigenvalue weighted by molar-refractivity contribution is 9.11. The summed E-state index contributed by atoms with van der Waals surface area (Å²) in [5.74, 6) is 0.916. The number of nitrogens with zero attached hydrogens (tertiary/aromatic N) is 1. The molecule has 20 heavy (non-hydrogen) atoms. The smallest absolute Gasteiger partial charge is 0.137 e. The first kappa shape index (κ1) is 16.3. The third kappa shape index (κ3) is 3.97. The maximum Gasteiger partial charge on any atom is 0.137 e. The van der Waals surface area contributed by atoms with E-state index in [9.17, 15) is 0 Å². The van der Waals surface area contributed by atoms with Crippen LogP contribution < -0.4 is 10.1 Å². The van der Waals surface area contributed by atoms with Crippen LogP contribution in [0.4, 0.5) is 0 Å².